The number of benzene rings is 1. The second-order valence-corrected chi connectivity index (χ2v) is 5.43. The summed E-state index contributed by atoms with van der Waals surface area (Å²) in [6.07, 6.45) is 0.435. The minimum Gasteiger partial charge on any atom is -0.493 e. The van der Waals surface area contributed by atoms with Gasteiger partial charge in [-0.3, -0.25) is 9.69 Å². The van der Waals surface area contributed by atoms with Crippen molar-refractivity contribution in [3.8, 4) is 5.75 Å². The van der Waals surface area contributed by atoms with Gasteiger partial charge in [-0.1, -0.05) is 12.1 Å². The first kappa shape index (κ1) is 15.8. The van der Waals surface area contributed by atoms with Crippen LogP contribution in [-0.2, 0) is 4.79 Å². The van der Waals surface area contributed by atoms with E-state index in [1.807, 2.05) is 36.1 Å². The number of nitrogens with zero attached hydrogens (tertiary/aromatic N) is 2. The maximum absolute atomic E-state index is 12.1. The van der Waals surface area contributed by atoms with Gasteiger partial charge >= 0.3 is 0 Å². The van der Waals surface area contributed by atoms with Crippen LogP contribution in [0.5, 0.6) is 5.75 Å². The van der Waals surface area contributed by atoms with Gasteiger partial charge in [0, 0.05) is 39.3 Å². The highest BCUT2D eigenvalue weighted by Crippen LogP contribution is 2.13. The number of aryl methyl sites for hydroxylation is 1. The highest BCUT2D eigenvalue weighted by Gasteiger charge is 2.20. The van der Waals surface area contributed by atoms with Gasteiger partial charge in [0.15, 0.2) is 0 Å². The molecule has 1 aliphatic heterocycles. The number of piperazine rings is 1. The number of nitrogens with two attached hydrogens (primary N) is 1. The Labute approximate surface area is 126 Å². The van der Waals surface area contributed by atoms with Crippen molar-refractivity contribution in [2.45, 2.75) is 13.3 Å². The van der Waals surface area contributed by atoms with E-state index in [0.29, 0.717) is 19.6 Å². The Balaban J connectivity index is 1.68. The fourth-order valence-corrected chi connectivity index (χ4v) is 2.52. The lowest BCUT2D eigenvalue weighted by atomic mass is 10.2. The zero-order valence-corrected chi connectivity index (χ0v) is 12.8. The van der Waals surface area contributed by atoms with Crippen molar-refractivity contribution >= 4 is 5.91 Å². The summed E-state index contributed by atoms with van der Waals surface area (Å²) in [7, 11) is 0. The highest BCUT2D eigenvalue weighted by molar-refractivity contribution is 5.76. The van der Waals surface area contributed by atoms with Crippen LogP contribution in [0, 0.1) is 6.92 Å². The molecular formula is C16H25N3O2. The van der Waals surface area contributed by atoms with Gasteiger partial charge in [0.05, 0.1) is 13.0 Å². The van der Waals surface area contributed by atoms with Crippen LogP contribution in [0.2, 0.25) is 0 Å². The van der Waals surface area contributed by atoms with Gasteiger partial charge in [-0.05, 0) is 24.6 Å². The number of hydrogen-bond donors (Lipinski definition) is 1. The molecule has 1 aromatic rings. The molecule has 116 valence electrons. The first-order valence-electron chi connectivity index (χ1n) is 7.58. The summed E-state index contributed by atoms with van der Waals surface area (Å²) in [5, 5.41) is 0. The maximum atomic E-state index is 12.1. The number of rotatable bonds is 6. The predicted octanol–water partition coefficient (Wildman–Crippen LogP) is 0.867. The summed E-state index contributed by atoms with van der Waals surface area (Å²) in [6.45, 7) is 7.48. The summed E-state index contributed by atoms with van der Waals surface area (Å²) < 4.78 is 5.63. The van der Waals surface area contributed by atoms with E-state index in [1.54, 1.807) is 0 Å². The van der Waals surface area contributed by atoms with Crippen molar-refractivity contribution in [3.05, 3.63) is 29.8 Å². The second kappa shape index (κ2) is 8.00. The monoisotopic (exact) mass is 291 g/mol. The number of hydrogen-bond acceptors (Lipinski definition) is 4. The molecule has 1 saturated heterocycles. The summed E-state index contributed by atoms with van der Waals surface area (Å²) in [4.78, 5) is 16.3. The molecule has 0 spiro atoms. The van der Waals surface area contributed by atoms with Gasteiger partial charge in [-0.2, -0.15) is 0 Å². The quantitative estimate of drug-likeness (QED) is 0.845. The SMILES string of the molecule is Cc1cccc(OCCC(=O)N2CCN(CCN)CC2)c1. The third kappa shape index (κ3) is 5.02. The summed E-state index contributed by atoms with van der Waals surface area (Å²) in [6, 6.07) is 7.89. The number of carbonyl (C=O) groups is 1. The Hall–Kier alpha value is -1.59. The molecule has 1 aliphatic rings. The zero-order chi connectivity index (χ0) is 15.1. The van der Waals surface area contributed by atoms with Gasteiger partial charge in [-0.15, -0.1) is 0 Å². The van der Waals surface area contributed by atoms with E-state index in [0.717, 1.165) is 44.0 Å². The summed E-state index contributed by atoms with van der Waals surface area (Å²) in [5.41, 5.74) is 6.71. The van der Waals surface area contributed by atoms with Crippen LogP contribution in [0.1, 0.15) is 12.0 Å². The standard InChI is InChI=1S/C16H25N3O2/c1-14-3-2-4-15(13-14)21-12-5-16(20)19-10-8-18(7-6-17)9-11-19/h2-4,13H,5-12,17H2,1H3. The van der Waals surface area contributed by atoms with Crippen molar-refractivity contribution in [2.24, 2.45) is 5.73 Å². The van der Waals surface area contributed by atoms with Crippen LogP contribution in [0.4, 0.5) is 0 Å². The van der Waals surface area contributed by atoms with Gasteiger partial charge in [0.1, 0.15) is 5.75 Å². The fraction of sp³-hybridized carbons (Fsp3) is 0.562. The molecule has 1 aromatic carbocycles. The van der Waals surface area contributed by atoms with E-state index in [2.05, 4.69) is 4.90 Å². The first-order chi connectivity index (χ1) is 10.2. The average Bonchev–Trinajstić information content (AvgIpc) is 2.48. The number of amides is 1. The Morgan fingerprint density at radius 2 is 2.05 bits per heavy atom. The Kier molecular flexibility index (Phi) is 6.02. The topological polar surface area (TPSA) is 58.8 Å². The molecule has 1 heterocycles. The lowest BCUT2D eigenvalue weighted by Crippen LogP contribution is -2.49. The minimum absolute atomic E-state index is 0.176. The van der Waals surface area contributed by atoms with Crippen LogP contribution in [0.15, 0.2) is 24.3 Å². The highest BCUT2D eigenvalue weighted by atomic mass is 16.5. The molecule has 0 unspecified atom stereocenters. The van der Waals surface area contributed by atoms with E-state index in [-0.39, 0.29) is 5.91 Å². The molecule has 21 heavy (non-hydrogen) atoms. The molecule has 0 saturated carbocycles. The molecule has 0 atom stereocenters. The molecule has 1 amide bonds. The molecule has 5 heteroatoms. The molecule has 5 nitrogen and oxygen atoms in total. The molecule has 2 N–H and O–H groups in total. The smallest absolute Gasteiger partial charge is 0.226 e. The van der Waals surface area contributed by atoms with E-state index in [9.17, 15) is 4.79 Å². The van der Waals surface area contributed by atoms with Crippen molar-refractivity contribution in [1.29, 1.82) is 0 Å². The molecule has 0 aromatic heterocycles. The molecule has 0 radical (unpaired) electrons. The minimum atomic E-state index is 0.176. The fourth-order valence-electron chi connectivity index (χ4n) is 2.52. The van der Waals surface area contributed by atoms with Gasteiger partial charge in [0.2, 0.25) is 5.91 Å². The largest absolute Gasteiger partial charge is 0.493 e. The molecule has 2 rings (SSSR count). The normalized spacial score (nSPS) is 16.0. The van der Waals surface area contributed by atoms with Crippen molar-refractivity contribution in [1.82, 2.24) is 9.80 Å². The van der Waals surface area contributed by atoms with Crippen molar-refractivity contribution in [3.63, 3.8) is 0 Å². The molecule has 0 aliphatic carbocycles. The van der Waals surface area contributed by atoms with Crippen LogP contribution < -0.4 is 10.5 Å². The van der Waals surface area contributed by atoms with Crippen LogP contribution >= 0.6 is 0 Å². The molecular weight excluding hydrogens is 266 g/mol. The summed E-state index contributed by atoms with van der Waals surface area (Å²) >= 11 is 0. The molecule has 1 fully saturated rings. The van der Waals surface area contributed by atoms with E-state index in [4.69, 9.17) is 10.5 Å². The van der Waals surface area contributed by atoms with Crippen molar-refractivity contribution in [2.75, 3.05) is 45.9 Å². The average molecular weight is 291 g/mol. The van der Waals surface area contributed by atoms with Gasteiger partial charge in [-0.25, -0.2) is 0 Å². The van der Waals surface area contributed by atoms with Crippen LogP contribution in [0.3, 0.4) is 0 Å². The van der Waals surface area contributed by atoms with Gasteiger partial charge in [0.25, 0.3) is 0 Å². The third-order valence-corrected chi connectivity index (χ3v) is 3.74. The third-order valence-electron chi connectivity index (χ3n) is 3.74. The Morgan fingerprint density at radius 3 is 2.71 bits per heavy atom. The van der Waals surface area contributed by atoms with Crippen LogP contribution in [0.25, 0.3) is 0 Å². The lowest BCUT2D eigenvalue weighted by Gasteiger charge is -2.34. The van der Waals surface area contributed by atoms with E-state index in [1.165, 1.54) is 0 Å². The zero-order valence-electron chi connectivity index (χ0n) is 12.8. The van der Waals surface area contributed by atoms with Crippen LogP contribution in [-0.4, -0.2) is 61.6 Å². The number of ether oxygens (including phenoxy) is 1. The Morgan fingerprint density at radius 1 is 1.29 bits per heavy atom. The van der Waals surface area contributed by atoms with E-state index >= 15 is 0 Å². The van der Waals surface area contributed by atoms with Crippen molar-refractivity contribution < 1.29 is 9.53 Å². The number of carbonyl (C=O) groups excluding carboxylic acids is 1. The lowest BCUT2D eigenvalue weighted by molar-refractivity contribution is -0.133. The Bertz CT molecular complexity index is 457. The summed E-state index contributed by atoms with van der Waals surface area (Å²) in [5.74, 6) is 1.01. The van der Waals surface area contributed by atoms with E-state index < -0.39 is 0 Å². The van der Waals surface area contributed by atoms with Gasteiger partial charge < -0.3 is 15.4 Å². The maximum Gasteiger partial charge on any atom is 0.226 e. The second-order valence-electron chi connectivity index (χ2n) is 5.43. The first-order valence-corrected chi connectivity index (χ1v) is 7.58. The predicted molar refractivity (Wildman–Crippen MR) is 83.4 cm³/mol. The molecule has 0 bridgehead atoms.